The van der Waals surface area contributed by atoms with E-state index in [2.05, 4.69) is 19.9 Å². The molecule has 2 aromatic rings. The number of aromatic amines is 2. The van der Waals surface area contributed by atoms with Gasteiger partial charge < -0.3 is 9.97 Å². The molecule has 0 unspecified atom stereocenters. The zero-order chi connectivity index (χ0) is 11.8. The minimum Gasteiger partial charge on any atom is -0.342 e. The lowest BCUT2D eigenvalue weighted by atomic mass is 9.92. The molecule has 0 atom stereocenters. The number of hydrogen-bond acceptors (Lipinski definition) is 3. The normalized spacial score (nSPS) is 11.7. The molecule has 2 N–H and O–H groups in total. The van der Waals surface area contributed by atoms with Crippen molar-refractivity contribution in [2.24, 2.45) is 0 Å². The fourth-order valence-electron chi connectivity index (χ4n) is 1.35. The number of nitrogens with one attached hydrogen (secondary N) is 2. The van der Waals surface area contributed by atoms with Crippen LogP contribution in [-0.4, -0.2) is 19.9 Å². The van der Waals surface area contributed by atoms with Crippen LogP contribution in [0.15, 0.2) is 23.3 Å². The number of aromatic nitrogens is 4. The largest absolute Gasteiger partial charge is 0.342 e. The summed E-state index contributed by atoms with van der Waals surface area (Å²) in [7, 11) is 0. The monoisotopic (exact) mass is 218 g/mol. The summed E-state index contributed by atoms with van der Waals surface area (Å²) in [6.45, 7) is 6.04. The molecule has 0 aliphatic heterocycles. The summed E-state index contributed by atoms with van der Waals surface area (Å²) in [5.74, 6) is 1.05. The van der Waals surface area contributed by atoms with E-state index < -0.39 is 0 Å². The Morgan fingerprint density at radius 1 is 1.25 bits per heavy atom. The number of imidazole rings is 1. The lowest BCUT2D eigenvalue weighted by molar-refractivity contribution is 0.566. The Bertz CT molecular complexity index is 534. The Labute approximate surface area is 93.0 Å². The average molecular weight is 218 g/mol. The van der Waals surface area contributed by atoms with E-state index in [0.29, 0.717) is 11.6 Å². The second kappa shape index (κ2) is 3.59. The van der Waals surface area contributed by atoms with Gasteiger partial charge in [0.1, 0.15) is 0 Å². The molecule has 2 aromatic heterocycles. The highest BCUT2D eigenvalue weighted by Gasteiger charge is 2.17. The topological polar surface area (TPSA) is 74.4 Å². The van der Waals surface area contributed by atoms with Gasteiger partial charge in [-0.15, -0.1) is 0 Å². The van der Waals surface area contributed by atoms with Crippen molar-refractivity contribution in [3.05, 3.63) is 34.5 Å². The van der Waals surface area contributed by atoms with Crippen molar-refractivity contribution >= 4 is 0 Å². The Kier molecular flexibility index (Phi) is 2.38. The summed E-state index contributed by atoms with van der Waals surface area (Å²) in [5, 5.41) is 0. The molecule has 84 valence electrons. The van der Waals surface area contributed by atoms with E-state index in [1.165, 1.54) is 6.07 Å². The van der Waals surface area contributed by atoms with Crippen molar-refractivity contribution < 1.29 is 0 Å². The van der Waals surface area contributed by atoms with Crippen LogP contribution in [0.4, 0.5) is 0 Å². The van der Waals surface area contributed by atoms with Crippen molar-refractivity contribution in [1.29, 1.82) is 0 Å². The van der Waals surface area contributed by atoms with Crippen molar-refractivity contribution in [2.45, 2.75) is 26.2 Å². The number of H-pyrrole nitrogens is 2. The number of hydrogen-bond donors (Lipinski definition) is 2. The van der Waals surface area contributed by atoms with Crippen LogP contribution in [0.3, 0.4) is 0 Å². The van der Waals surface area contributed by atoms with E-state index in [1.54, 1.807) is 12.4 Å². The van der Waals surface area contributed by atoms with Crippen molar-refractivity contribution in [3.63, 3.8) is 0 Å². The van der Waals surface area contributed by atoms with Gasteiger partial charge in [-0.3, -0.25) is 4.79 Å². The predicted molar refractivity (Wildman–Crippen MR) is 61.1 cm³/mol. The van der Waals surface area contributed by atoms with E-state index >= 15 is 0 Å². The second-order valence-corrected chi connectivity index (χ2v) is 4.67. The van der Waals surface area contributed by atoms with Gasteiger partial charge in [-0.1, -0.05) is 20.8 Å². The summed E-state index contributed by atoms with van der Waals surface area (Å²) in [6, 6.07) is 1.52. The van der Waals surface area contributed by atoms with Gasteiger partial charge in [0, 0.05) is 23.9 Å². The van der Waals surface area contributed by atoms with Crippen LogP contribution >= 0.6 is 0 Å². The van der Waals surface area contributed by atoms with Gasteiger partial charge in [-0.05, 0) is 0 Å². The highest BCUT2D eigenvalue weighted by atomic mass is 16.1. The van der Waals surface area contributed by atoms with Gasteiger partial charge in [0.05, 0.1) is 5.69 Å². The van der Waals surface area contributed by atoms with E-state index in [-0.39, 0.29) is 11.0 Å². The maximum Gasteiger partial charge on any atom is 0.251 e. The first-order chi connectivity index (χ1) is 7.47. The summed E-state index contributed by atoms with van der Waals surface area (Å²) in [6.07, 6.45) is 3.32. The molecule has 0 saturated carbocycles. The maximum atomic E-state index is 11.5. The highest BCUT2D eigenvalue weighted by molar-refractivity contribution is 5.42. The Morgan fingerprint density at radius 2 is 2.00 bits per heavy atom. The van der Waals surface area contributed by atoms with Crippen LogP contribution in [0.1, 0.15) is 26.5 Å². The Balaban J connectivity index is 2.57. The molecule has 0 radical (unpaired) electrons. The second-order valence-electron chi connectivity index (χ2n) is 4.67. The van der Waals surface area contributed by atoms with Crippen LogP contribution in [0.5, 0.6) is 0 Å². The van der Waals surface area contributed by atoms with Crippen LogP contribution in [0.2, 0.25) is 0 Å². The fourth-order valence-corrected chi connectivity index (χ4v) is 1.35. The van der Waals surface area contributed by atoms with Gasteiger partial charge in [0.25, 0.3) is 5.56 Å². The third-order valence-electron chi connectivity index (χ3n) is 2.23. The summed E-state index contributed by atoms with van der Waals surface area (Å²) in [4.78, 5) is 25.6. The highest BCUT2D eigenvalue weighted by Crippen LogP contribution is 2.19. The van der Waals surface area contributed by atoms with Gasteiger partial charge in [-0.2, -0.15) is 0 Å². The Hall–Kier alpha value is -1.91. The van der Waals surface area contributed by atoms with Gasteiger partial charge in [0.15, 0.2) is 11.6 Å². The van der Waals surface area contributed by atoms with E-state index in [1.807, 2.05) is 20.8 Å². The van der Waals surface area contributed by atoms with Crippen LogP contribution < -0.4 is 5.56 Å². The lowest BCUT2D eigenvalue weighted by Crippen LogP contribution is -2.20. The average Bonchev–Trinajstić information content (AvgIpc) is 2.68. The summed E-state index contributed by atoms with van der Waals surface area (Å²) < 4.78 is 0. The predicted octanol–water partition coefficient (Wildman–Crippen LogP) is 1.46. The molecule has 5 heteroatoms. The van der Waals surface area contributed by atoms with Crippen LogP contribution in [0, 0.1) is 0 Å². The van der Waals surface area contributed by atoms with E-state index in [4.69, 9.17) is 0 Å². The maximum absolute atomic E-state index is 11.5. The smallest absolute Gasteiger partial charge is 0.251 e. The fraction of sp³-hybridized carbons (Fsp3) is 0.364. The number of rotatable bonds is 1. The third kappa shape index (κ3) is 2.03. The minimum atomic E-state index is -0.161. The SMILES string of the molecule is CC(C)(C)c1cc(=O)[nH]c(-c2ncc[nH]2)n1. The van der Waals surface area contributed by atoms with Crippen LogP contribution in [-0.2, 0) is 5.41 Å². The molecule has 0 spiro atoms. The first-order valence-electron chi connectivity index (χ1n) is 5.08. The van der Waals surface area contributed by atoms with E-state index in [9.17, 15) is 4.79 Å². The molecule has 0 fully saturated rings. The molecular formula is C11H14N4O. The molecule has 0 aliphatic carbocycles. The molecular weight excluding hydrogens is 204 g/mol. The quantitative estimate of drug-likeness (QED) is 0.760. The lowest BCUT2D eigenvalue weighted by Gasteiger charge is -2.17. The molecule has 2 rings (SSSR count). The molecule has 2 heterocycles. The molecule has 0 amide bonds. The van der Waals surface area contributed by atoms with Gasteiger partial charge in [0.2, 0.25) is 0 Å². The number of nitrogens with zero attached hydrogens (tertiary/aromatic N) is 2. The first-order valence-corrected chi connectivity index (χ1v) is 5.08. The van der Waals surface area contributed by atoms with E-state index in [0.717, 1.165) is 5.69 Å². The molecule has 0 aliphatic rings. The minimum absolute atomic E-state index is 0.157. The third-order valence-corrected chi connectivity index (χ3v) is 2.23. The van der Waals surface area contributed by atoms with Crippen LogP contribution in [0.25, 0.3) is 11.6 Å². The Morgan fingerprint density at radius 3 is 2.56 bits per heavy atom. The van der Waals surface area contributed by atoms with Gasteiger partial charge in [-0.25, -0.2) is 9.97 Å². The van der Waals surface area contributed by atoms with Gasteiger partial charge >= 0.3 is 0 Å². The standard InChI is InChI=1S/C11H14N4O/c1-11(2,3)7-6-8(16)15-10(14-7)9-12-4-5-13-9/h4-6H,1-3H3,(H,12,13)(H,14,15,16). The molecule has 0 saturated heterocycles. The molecule has 0 aromatic carbocycles. The summed E-state index contributed by atoms with van der Waals surface area (Å²) in [5.41, 5.74) is 0.435. The molecule has 0 bridgehead atoms. The zero-order valence-corrected chi connectivity index (χ0v) is 9.53. The molecule has 5 nitrogen and oxygen atoms in total. The molecule has 16 heavy (non-hydrogen) atoms. The summed E-state index contributed by atoms with van der Waals surface area (Å²) >= 11 is 0. The first kappa shape index (κ1) is 10.6. The van der Waals surface area contributed by atoms with Crippen molar-refractivity contribution in [2.75, 3.05) is 0 Å². The zero-order valence-electron chi connectivity index (χ0n) is 9.53. The van der Waals surface area contributed by atoms with Crippen molar-refractivity contribution in [3.8, 4) is 11.6 Å². The van der Waals surface area contributed by atoms with Crippen molar-refractivity contribution in [1.82, 2.24) is 19.9 Å².